The van der Waals surface area contributed by atoms with Crippen molar-refractivity contribution in [1.82, 2.24) is 9.88 Å². The Morgan fingerprint density at radius 1 is 1.50 bits per heavy atom. The van der Waals surface area contributed by atoms with E-state index in [2.05, 4.69) is 5.32 Å². The Labute approximate surface area is 94.2 Å². The molecule has 0 bridgehead atoms. The summed E-state index contributed by atoms with van der Waals surface area (Å²) in [5.74, 6) is 0. The Balaban J connectivity index is 2.36. The van der Waals surface area contributed by atoms with E-state index in [9.17, 15) is 4.79 Å². The average Bonchev–Trinajstić information content (AvgIpc) is 2.58. The minimum Gasteiger partial charge on any atom is -0.443 e. The predicted molar refractivity (Wildman–Crippen MR) is 62.2 cm³/mol. The van der Waals surface area contributed by atoms with E-state index >= 15 is 0 Å². The number of ether oxygens (including phenoxy) is 1. The van der Waals surface area contributed by atoms with Gasteiger partial charge in [-0.25, -0.2) is 4.79 Å². The maximum absolute atomic E-state index is 11.9. The number of carbonyl (C=O) groups is 1. The van der Waals surface area contributed by atoms with Crippen molar-refractivity contribution in [2.75, 3.05) is 6.54 Å². The first-order chi connectivity index (χ1) is 7.47. The topological polar surface area (TPSA) is 43.3 Å². The van der Waals surface area contributed by atoms with Gasteiger partial charge in [0.1, 0.15) is 5.60 Å². The van der Waals surface area contributed by atoms with Crippen molar-refractivity contribution in [2.45, 2.75) is 26.4 Å². The average molecular weight is 220 g/mol. The zero-order chi connectivity index (χ0) is 11.8. The van der Waals surface area contributed by atoms with E-state index in [1.54, 1.807) is 6.20 Å². The van der Waals surface area contributed by atoms with Crippen LogP contribution in [-0.4, -0.2) is 22.8 Å². The molecule has 0 aliphatic carbocycles. The van der Waals surface area contributed by atoms with Gasteiger partial charge in [-0.1, -0.05) is 0 Å². The van der Waals surface area contributed by atoms with Gasteiger partial charge in [0.15, 0.2) is 0 Å². The number of fused-ring (bicyclic) bond motifs is 1. The summed E-state index contributed by atoms with van der Waals surface area (Å²) in [6, 6.07) is 1.89. The van der Waals surface area contributed by atoms with Crippen molar-refractivity contribution in [2.24, 2.45) is 0 Å². The summed E-state index contributed by atoms with van der Waals surface area (Å²) in [6.07, 6.45) is 5.27. The molecule has 16 heavy (non-hydrogen) atoms. The zero-order valence-electron chi connectivity index (χ0n) is 9.78. The largest absolute Gasteiger partial charge is 0.443 e. The van der Waals surface area contributed by atoms with Gasteiger partial charge in [-0.2, -0.15) is 0 Å². The normalized spacial score (nSPS) is 14.2. The fourth-order valence-electron chi connectivity index (χ4n) is 1.59. The number of hydrogen-bond donors (Lipinski definition) is 1. The zero-order valence-corrected chi connectivity index (χ0v) is 9.78. The summed E-state index contributed by atoms with van der Waals surface area (Å²) in [6.45, 7) is 6.31. The lowest BCUT2D eigenvalue weighted by Crippen LogP contribution is -2.40. The van der Waals surface area contributed by atoms with Crippen molar-refractivity contribution in [3.8, 4) is 0 Å². The summed E-state index contributed by atoms with van der Waals surface area (Å²) < 4.78 is 6.86. The number of rotatable bonds is 0. The Hall–Kier alpha value is -1.71. The van der Waals surface area contributed by atoms with Crippen LogP contribution in [0.2, 0.25) is 0 Å². The van der Waals surface area contributed by atoms with Gasteiger partial charge >= 0.3 is 6.09 Å². The van der Waals surface area contributed by atoms with Gasteiger partial charge in [0.05, 0.1) is 5.35 Å². The molecule has 0 aromatic carbocycles. The summed E-state index contributed by atoms with van der Waals surface area (Å²) in [7, 11) is 0. The molecular formula is C12H16N2O2. The molecule has 0 unspecified atom stereocenters. The summed E-state index contributed by atoms with van der Waals surface area (Å²) >= 11 is 0. The first-order valence-electron chi connectivity index (χ1n) is 5.32. The van der Waals surface area contributed by atoms with Gasteiger partial charge in [-0.3, -0.25) is 4.57 Å². The van der Waals surface area contributed by atoms with Crippen LogP contribution >= 0.6 is 0 Å². The van der Waals surface area contributed by atoms with Crippen molar-refractivity contribution < 1.29 is 9.53 Å². The summed E-state index contributed by atoms with van der Waals surface area (Å²) in [5.41, 5.74) is -0.467. The molecule has 4 nitrogen and oxygen atoms in total. The SMILES string of the molecule is CC(C)(C)OC(=O)n1ccc2c1=CCNC=2. The van der Waals surface area contributed by atoms with E-state index < -0.39 is 5.60 Å². The summed E-state index contributed by atoms with van der Waals surface area (Å²) in [4.78, 5) is 11.9. The van der Waals surface area contributed by atoms with E-state index in [4.69, 9.17) is 4.74 Å². The van der Waals surface area contributed by atoms with Crippen LogP contribution in [-0.2, 0) is 4.74 Å². The quantitative estimate of drug-likeness (QED) is 0.688. The van der Waals surface area contributed by atoms with Gasteiger partial charge in [0, 0.05) is 24.2 Å². The van der Waals surface area contributed by atoms with Crippen LogP contribution in [0.4, 0.5) is 4.79 Å². The molecule has 2 heterocycles. The third-order valence-electron chi connectivity index (χ3n) is 2.22. The van der Waals surface area contributed by atoms with Crippen LogP contribution < -0.4 is 15.9 Å². The van der Waals surface area contributed by atoms with Crippen LogP contribution in [0.5, 0.6) is 0 Å². The van der Waals surface area contributed by atoms with Crippen molar-refractivity contribution in [1.29, 1.82) is 0 Å². The second-order valence-corrected chi connectivity index (χ2v) is 4.76. The highest BCUT2D eigenvalue weighted by atomic mass is 16.6. The van der Waals surface area contributed by atoms with Crippen LogP contribution in [0, 0.1) is 0 Å². The van der Waals surface area contributed by atoms with Crippen LogP contribution in [0.3, 0.4) is 0 Å². The molecule has 2 rings (SSSR count). The standard InChI is InChI=1S/C12H16N2O2/c1-12(2,3)16-11(15)14-7-5-9-8-13-6-4-10(9)14/h4-5,7-8,13H,6H2,1-3H3. The van der Waals surface area contributed by atoms with Gasteiger partial charge in [-0.15, -0.1) is 0 Å². The highest BCUT2D eigenvalue weighted by Gasteiger charge is 2.18. The Kier molecular flexibility index (Phi) is 2.50. The molecule has 1 aromatic rings. The highest BCUT2D eigenvalue weighted by molar-refractivity contribution is 5.71. The molecule has 0 atom stereocenters. The molecule has 86 valence electrons. The lowest BCUT2D eigenvalue weighted by Gasteiger charge is -2.19. The summed E-state index contributed by atoms with van der Waals surface area (Å²) in [5, 5.41) is 5.00. The van der Waals surface area contributed by atoms with Crippen molar-refractivity contribution in [3.05, 3.63) is 22.8 Å². The Morgan fingerprint density at radius 3 is 2.94 bits per heavy atom. The molecule has 1 aliphatic rings. The highest BCUT2D eigenvalue weighted by Crippen LogP contribution is 2.07. The lowest BCUT2D eigenvalue weighted by molar-refractivity contribution is 0.0532. The van der Waals surface area contributed by atoms with E-state index in [0.29, 0.717) is 0 Å². The van der Waals surface area contributed by atoms with Crippen LogP contribution in [0.1, 0.15) is 20.8 Å². The molecule has 0 saturated heterocycles. The minimum atomic E-state index is -0.467. The fourth-order valence-corrected chi connectivity index (χ4v) is 1.59. The first kappa shape index (κ1) is 10.8. The molecule has 1 aromatic heterocycles. The number of hydrogen-bond acceptors (Lipinski definition) is 3. The molecule has 0 fully saturated rings. The predicted octanol–water partition coefficient (Wildman–Crippen LogP) is 0.393. The maximum Gasteiger partial charge on any atom is 0.418 e. The van der Waals surface area contributed by atoms with Crippen LogP contribution in [0.25, 0.3) is 12.3 Å². The number of nitrogens with one attached hydrogen (secondary N) is 1. The Morgan fingerprint density at radius 2 is 2.25 bits per heavy atom. The molecular weight excluding hydrogens is 204 g/mol. The van der Waals surface area contributed by atoms with Gasteiger partial charge in [-0.05, 0) is 32.9 Å². The monoisotopic (exact) mass is 220 g/mol. The lowest BCUT2D eigenvalue weighted by atomic mass is 10.2. The molecule has 0 amide bonds. The molecule has 1 N–H and O–H groups in total. The van der Waals surface area contributed by atoms with Gasteiger partial charge in [0.25, 0.3) is 0 Å². The second kappa shape index (κ2) is 3.70. The minimum absolute atomic E-state index is 0.333. The fraction of sp³-hybridized carbons (Fsp3) is 0.417. The second-order valence-electron chi connectivity index (χ2n) is 4.76. The third kappa shape index (κ3) is 2.10. The molecule has 1 aliphatic heterocycles. The van der Waals surface area contributed by atoms with E-state index in [-0.39, 0.29) is 6.09 Å². The number of nitrogens with zero attached hydrogens (tertiary/aromatic N) is 1. The molecule has 0 spiro atoms. The number of carbonyl (C=O) groups excluding carboxylic acids is 1. The van der Waals surface area contributed by atoms with E-state index in [0.717, 1.165) is 17.1 Å². The first-order valence-corrected chi connectivity index (χ1v) is 5.32. The number of aromatic nitrogens is 1. The molecule has 0 saturated carbocycles. The van der Waals surface area contributed by atoms with Gasteiger partial charge in [0.2, 0.25) is 0 Å². The van der Waals surface area contributed by atoms with E-state index in [1.807, 2.05) is 39.1 Å². The molecule has 0 radical (unpaired) electrons. The van der Waals surface area contributed by atoms with Gasteiger partial charge < -0.3 is 10.1 Å². The third-order valence-corrected chi connectivity index (χ3v) is 2.22. The van der Waals surface area contributed by atoms with Crippen molar-refractivity contribution >= 4 is 18.4 Å². The molecule has 4 heteroatoms. The van der Waals surface area contributed by atoms with E-state index in [1.165, 1.54) is 4.57 Å². The maximum atomic E-state index is 11.9. The van der Waals surface area contributed by atoms with Crippen LogP contribution in [0.15, 0.2) is 12.3 Å². The Bertz CT molecular complexity index is 520. The van der Waals surface area contributed by atoms with Crippen molar-refractivity contribution in [3.63, 3.8) is 0 Å². The smallest absolute Gasteiger partial charge is 0.418 e.